The van der Waals surface area contributed by atoms with Gasteiger partial charge in [0.25, 0.3) is 0 Å². The van der Waals surface area contributed by atoms with Crippen LogP contribution in [0.4, 0.5) is 10.5 Å². The van der Waals surface area contributed by atoms with Gasteiger partial charge in [-0.15, -0.1) is 0 Å². The number of aromatic carboxylic acids is 1. The lowest BCUT2D eigenvalue weighted by Crippen LogP contribution is -2.33. The summed E-state index contributed by atoms with van der Waals surface area (Å²) in [7, 11) is 0. The molecular weight excluding hydrogens is 254 g/mol. The number of carbonyl (C=O) groups excluding carboxylic acids is 1. The number of likely N-dealkylation sites (tertiary alicyclic amines) is 1. The Morgan fingerprint density at radius 3 is 2.37 bits per heavy atom. The summed E-state index contributed by atoms with van der Waals surface area (Å²) in [6.07, 6.45) is -0.666. The van der Waals surface area contributed by atoms with Crippen LogP contribution in [0.3, 0.4) is 0 Å². The number of rotatable bonds is 2. The van der Waals surface area contributed by atoms with E-state index in [1.54, 1.807) is 0 Å². The maximum Gasteiger partial charge on any atom is 0.354 e. The smallest absolute Gasteiger partial charge is 0.354 e. The molecule has 8 nitrogen and oxygen atoms in total. The Labute approximate surface area is 108 Å². The van der Waals surface area contributed by atoms with E-state index < -0.39 is 24.2 Å². The third-order valence-electron chi connectivity index (χ3n) is 2.78. The molecule has 2 rings (SSSR count). The fraction of sp³-hybridized carbons (Fsp3) is 0.364. The Hall–Kier alpha value is -2.19. The molecule has 8 heteroatoms. The summed E-state index contributed by atoms with van der Waals surface area (Å²) in [4.78, 5) is 27.3. The molecule has 102 valence electrons. The second-order valence-corrected chi connectivity index (χ2v) is 4.21. The summed E-state index contributed by atoms with van der Waals surface area (Å²) in [5.41, 5.74) is 0.218. The van der Waals surface area contributed by atoms with Crippen LogP contribution in [0.5, 0.6) is 0 Å². The molecule has 0 radical (unpaired) electrons. The molecule has 1 aromatic heterocycles. The van der Waals surface area contributed by atoms with Crippen molar-refractivity contribution >= 4 is 17.7 Å². The van der Waals surface area contributed by atoms with Gasteiger partial charge in [0.15, 0.2) is 0 Å². The van der Waals surface area contributed by atoms with Gasteiger partial charge in [0.05, 0.1) is 37.2 Å². The predicted molar refractivity (Wildman–Crippen MR) is 63.8 cm³/mol. The van der Waals surface area contributed by atoms with Gasteiger partial charge in [-0.2, -0.15) is 0 Å². The van der Waals surface area contributed by atoms with Gasteiger partial charge in [-0.3, -0.25) is 0 Å². The van der Waals surface area contributed by atoms with Gasteiger partial charge < -0.3 is 25.5 Å². The van der Waals surface area contributed by atoms with E-state index in [4.69, 9.17) is 5.11 Å². The molecule has 19 heavy (non-hydrogen) atoms. The molecule has 0 aromatic carbocycles. The summed E-state index contributed by atoms with van der Waals surface area (Å²) >= 11 is 0. The van der Waals surface area contributed by atoms with Crippen molar-refractivity contribution in [3.05, 3.63) is 24.0 Å². The minimum atomic E-state index is -1.15. The number of carboxylic acids is 1. The quantitative estimate of drug-likeness (QED) is 0.564. The number of amides is 2. The van der Waals surface area contributed by atoms with Gasteiger partial charge in [0, 0.05) is 0 Å². The lowest BCUT2D eigenvalue weighted by Gasteiger charge is -2.16. The lowest BCUT2D eigenvalue weighted by atomic mass is 10.3. The number of carboxylic acid groups (broad SMARTS) is 1. The van der Waals surface area contributed by atoms with Crippen molar-refractivity contribution in [2.75, 3.05) is 18.4 Å². The van der Waals surface area contributed by atoms with Crippen molar-refractivity contribution in [3.8, 4) is 0 Å². The third-order valence-corrected chi connectivity index (χ3v) is 2.78. The van der Waals surface area contributed by atoms with E-state index in [9.17, 15) is 19.8 Å². The van der Waals surface area contributed by atoms with Gasteiger partial charge in [0.1, 0.15) is 5.69 Å². The molecule has 0 saturated carbocycles. The molecule has 4 N–H and O–H groups in total. The molecule has 2 heterocycles. The first-order valence-corrected chi connectivity index (χ1v) is 5.59. The summed E-state index contributed by atoms with van der Waals surface area (Å²) in [6.45, 7) is 0.0985. The number of nitrogens with zero attached hydrogens (tertiary/aromatic N) is 2. The molecule has 1 aromatic rings. The van der Waals surface area contributed by atoms with Crippen LogP contribution in [0.15, 0.2) is 18.3 Å². The van der Waals surface area contributed by atoms with Gasteiger partial charge >= 0.3 is 12.0 Å². The maximum absolute atomic E-state index is 11.8. The van der Waals surface area contributed by atoms with Gasteiger partial charge in [-0.1, -0.05) is 0 Å². The normalized spacial score (nSPS) is 22.3. The van der Waals surface area contributed by atoms with Crippen molar-refractivity contribution in [1.29, 1.82) is 0 Å². The van der Waals surface area contributed by atoms with Crippen molar-refractivity contribution < 1.29 is 24.9 Å². The molecule has 0 bridgehead atoms. The van der Waals surface area contributed by atoms with E-state index in [1.807, 2.05) is 0 Å². The highest BCUT2D eigenvalue weighted by Gasteiger charge is 2.32. The van der Waals surface area contributed by atoms with E-state index in [2.05, 4.69) is 10.3 Å². The lowest BCUT2D eigenvalue weighted by molar-refractivity contribution is 0.0572. The Bertz CT molecular complexity index is 480. The largest absolute Gasteiger partial charge is 0.477 e. The molecule has 1 aliphatic heterocycles. The van der Waals surface area contributed by atoms with E-state index in [0.29, 0.717) is 5.69 Å². The molecule has 0 aliphatic carbocycles. The molecule has 1 saturated heterocycles. The second-order valence-electron chi connectivity index (χ2n) is 4.21. The summed E-state index contributed by atoms with van der Waals surface area (Å²) in [5, 5.41) is 29.8. The fourth-order valence-electron chi connectivity index (χ4n) is 1.73. The number of aromatic nitrogens is 1. The van der Waals surface area contributed by atoms with Crippen molar-refractivity contribution in [3.63, 3.8) is 0 Å². The number of β-amino-alcohol motifs (C(OH)–C–C–N with tert-alkyl or cyclic N) is 2. The first kappa shape index (κ1) is 13.2. The summed E-state index contributed by atoms with van der Waals surface area (Å²) in [6, 6.07) is 2.20. The Morgan fingerprint density at radius 2 is 1.89 bits per heavy atom. The van der Waals surface area contributed by atoms with Crippen LogP contribution >= 0.6 is 0 Å². The average Bonchev–Trinajstić information content (AvgIpc) is 2.70. The molecule has 2 unspecified atom stereocenters. The number of aliphatic hydroxyl groups excluding tert-OH is 2. The van der Waals surface area contributed by atoms with E-state index in [0.717, 1.165) is 0 Å². The number of anilines is 1. The Kier molecular flexibility index (Phi) is 3.63. The topological polar surface area (TPSA) is 123 Å². The van der Waals surface area contributed by atoms with E-state index in [1.165, 1.54) is 23.2 Å². The number of hydrogen-bond acceptors (Lipinski definition) is 5. The molecule has 1 aliphatic rings. The fourth-order valence-corrected chi connectivity index (χ4v) is 1.73. The van der Waals surface area contributed by atoms with Crippen LogP contribution in [-0.2, 0) is 0 Å². The number of urea groups is 1. The van der Waals surface area contributed by atoms with Crippen molar-refractivity contribution in [2.45, 2.75) is 12.2 Å². The molecular formula is C11H13N3O5. The number of hydrogen-bond donors (Lipinski definition) is 4. The van der Waals surface area contributed by atoms with Crippen LogP contribution in [0.1, 0.15) is 10.5 Å². The highest BCUT2D eigenvalue weighted by Crippen LogP contribution is 2.13. The van der Waals surface area contributed by atoms with E-state index >= 15 is 0 Å². The Balaban J connectivity index is 1.97. The monoisotopic (exact) mass is 267 g/mol. The van der Waals surface area contributed by atoms with Crippen LogP contribution in [0.25, 0.3) is 0 Å². The first-order chi connectivity index (χ1) is 8.97. The number of pyridine rings is 1. The number of nitrogens with one attached hydrogen (secondary N) is 1. The maximum atomic E-state index is 11.8. The highest BCUT2D eigenvalue weighted by atomic mass is 16.4. The van der Waals surface area contributed by atoms with Gasteiger partial charge in [0.2, 0.25) is 0 Å². The molecule has 2 amide bonds. The number of aliphatic hydroxyl groups is 2. The molecule has 1 fully saturated rings. The second kappa shape index (κ2) is 5.21. The predicted octanol–water partition coefficient (Wildman–Crippen LogP) is -0.651. The van der Waals surface area contributed by atoms with Gasteiger partial charge in [-0.25, -0.2) is 14.6 Å². The van der Waals surface area contributed by atoms with Crippen molar-refractivity contribution in [1.82, 2.24) is 9.88 Å². The van der Waals surface area contributed by atoms with Crippen LogP contribution in [-0.4, -0.2) is 62.5 Å². The van der Waals surface area contributed by atoms with Crippen LogP contribution < -0.4 is 5.32 Å². The number of carbonyl (C=O) groups is 2. The van der Waals surface area contributed by atoms with E-state index in [-0.39, 0.29) is 18.8 Å². The zero-order valence-corrected chi connectivity index (χ0v) is 9.85. The minimum absolute atomic E-state index is 0.0492. The SMILES string of the molecule is O=C(O)c1ccc(NC(=O)N2CC(O)C(O)C2)cn1. The minimum Gasteiger partial charge on any atom is -0.477 e. The standard InChI is InChI=1S/C11H13N3O5/c15-8-4-14(5-9(8)16)11(19)13-6-1-2-7(10(17)18)12-3-6/h1-3,8-9,15-16H,4-5H2,(H,13,19)(H,17,18). The summed E-state index contributed by atoms with van der Waals surface area (Å²) in [5.74, 6) is -1.15. The van der Waals surface area contributed by atoms with Crippen molar-refractivity contribution in [2.24, 2.45) is 0 Å². The highest BCUT2D eigenvalue weighted by molar-refractivity contribution is 5.90. The van der Waals surface area contributed by atoms with Crippen LogP contribution in [0, 0.1) is 0 Å². The molecule has 0 spiro atoms. The Morgan fingerprint density at radius 1 is 1.26 bits per heavy atom. The average molecular weight is 267 g/mol. The summed E-state index contributed by atoms with van der Waals surface area (Å²) < 4.78 is 0. The third kappa shape index (κ3) is 2.98. The first-order valence-electron chi connectivity index (χ1n) is 5.59. The zero-order chi connectivity index (χ0) is 14.0. The zero-order valence-electron chi connectivity index (χ0n) is 9.85. The van der Waals surface area contributed by atoms with Gasteiger partial charge in [-0.05, 0) is 12.1 Å². The molecule has 2 atom stereocenters. The van der Waals surface area contributed by atoms with Crippen LogP contribution in [0.2, 0.25) is 0 Å².